The van der Waals surface area contributed by atoms with Crippen LogP contribution in [0.2, 0.25) is 10.0 Å². The molecule has 1 fully saturated rings. The van der Waals surface area contributed by atoms with Crippen LogP contribution in [0.3, 0.4) is 0 Å². The van der Waals surface area contributed by atoms with Crippen molar-refractivity contribution in [2.75, 3.05) is 44.4 Å². The topological polar surface area (TPSA) is 157 Å². The van der Waals surface area contributed by atoms with Gasteiger partial charge < -0.3 is 20.9 Å². The summed E-state index contributed by atoms with van der Waals surface area (Å²) in [7, 11) is -0.0302. The lowest BCUT2D eigenvalue weighted by atomic mass is 10.2. The van der Waals surface area contributed by atoms with Gasteiger partial charge in [-0.1, -0.05) is 41.4 Å². The van der Waals surface area contributed by atoms with E-state index in [-0.39, 0.29) is 50.9 Å². The van der Waals surface area contributed by atoms with Crippen LogP contribution in [0.25, 0.3) is 0 Å². The molecule has 1 aromatic heterocycles. The van der Waals surface area contributed by atoms with Gasteiger partial charge in [-0.3, -0.25) is 19.5 Å². The Morgan fingerprint density at radius 2 is 1.81 bits per heavy atom. The van der Waals surface area contributed by atoms with Crippen molar-refractivity contribution in [1.82, 2.24) is 24.7 Å². The molecule has 4 rings (SSSR count). The van der Waals surface area contributed by atoms with Gasteiger partial charge in [-0.15, -0.1) is 0 Å². The summed E-state index contributed by atoms with van der Waals surface area (Å²) in [6.07, 6.45) is 5.51. The lowest BCUT2D eigenvalue weighted by molar-refractivity contribution is -0.111. The van der Waals surface area contributed by atoms with E-state index in [9.17, 15) is 22.8 Å². The Kier molecular flexibility index (Phi) is 10.6. The van der Waals surface area contributed by atoms with E-state index in [4.69, 9.17) is 23.2 Å². The number of benzene rings is 2. The zero-order valence-electron chi connectivity index (χ0n) is 23.4. The molecule has 0 spiro atoms. The molecule has 4 N–H and O–H groups in total. The molecular weight excluding hydrogens is 617 g/mol. The lowest BCUT2D eigenvalue weighted by Gasteiger charge is -2.18. The molecule has 43 heavy (non-hydrogen) atoms. The fraction of sp³-hybridized carbons (Fsp3) is 0.286. The van der Waals surface area contributed by atoms with Crippen molar-refractivity contribution in [3.63, 3.8) is 0 Å². The fourth-order valence-electron chi connectivity index (χ4n) is 4.37. The second kappa shape index (κ2) is 14.1. The number of hydrogen-bond acceptors (Lipinski definition) is 7. The highest BCUT2D eigenvalue weighted by Gasteiger charge is 2.34. The Morgan fingerprint density at radius 3 is 2.53 bits per heavy atom. The number of sulfonamides is 1. The van der Waals surface area contributed by atoms with Gasteiger partial charge in [0, 0.05) is 31.4 Å². The quantitative estimate of drug-likeness (QED) is 0.232. The molecule has 2 heterocycles. The minimum atomic E-state index is -3.91. The Balaban J connectivity index is 1.36. The van der Waals surface area contributed by atoms with Crippen molar-refractivity contribution in [3.8, 4) is 0 Å². The van der Waals surface area contributed by atoms with E-state index in [1.165, 1.54) is 40.8 Å². The predicted molar refractivity (Wildman–Crippen MR) is 165 cm³/mol. The number of carbonyl (C=O) groups excluding carboxylic acids is 3. The predicted octanol–water partition coefficient (Wildman–Crippen LogP) is 3.61. The molecular formula is C28H31Cl2N7O5S. The highest BCUT2D eigenvalue weighted by Crippen LogP contribution is 2.27. The van der Waals surface area contributed by atoms with E-state index in [0.29, 0.717) is 18.5 Å². The zero-order chi connectivity index (χ0) is 31.1. The first kappa shape index (κ1) is 32.2. The maximum atomic E-state index is 13.4. The number of carbonyl (C=O) groups is 3. The highest BCUT2D eigenvalue weighted by molar-refractivity contribution is 7.89. The lowest BCUT2D eigenvalue weighted by Crippen LogP contribution is -2.39. The van der Waals surface area contributed by atoms with Crippen molar-refractivity contribution in [2.24, 2.45) is 0 Å². The first-order valence-electron chi connectivity index (χ1n) is 13.3. The monoisotopic (exact) mass is 647 g/mol. The van der Waals surface area contributed by atoms with Gasteiger partial charge in [-0.25, -0.2) is 8.42 Å². The molecule has 228 valence electrons. The molecule has 1 unspecified atom stereocenters. The summed E-state index contributed by atoms with van der Waals surface area (Å²) in [5.74, 6) is -1.56. The van der Waals surface area contributed by atoms with Crippen LogP contribution in [0.4, 0.5) is 11.4 Å². The molecule has 1 aliphatic heterocycles. The SMILES string of the molecule is CN(C)CCC=CC(=O)Nc1cccc(S(=O)(=O)N2CCC(NC(=O)c3[nH]ncc3NC(=O)c3c(Cl)cccc3Cl)C2)c1. The third kappa shape index (κ3) is 8.21. The van der Waals surface area contributed by atoms with Gasteiger partial charge in [-0.2, -0.15) is 9.40 Å². The molecule has 3 aromatic rings. The first-order chi connectivity index (χ1) is 20.5. The number of amides is 3. The highest BCUT2D eigenvalue weighted by atomic mass is 35.5. The van der Waals surface area contributed by atoms with Gasteiger partial charge >= 0.3 is 0 Å². The maximum absolute atomic E-state index is 13.4. The van der Waals surface area contributed by atoms with Crippen molar-refractivity contribution in [1.29, 1.82) is 0 Å². The van der Waals surface area contributed by atoms with E-state index in [0.717, 1.165) is 6.54 Å². The number of halogens is 2. The second-order valence-corrected chi connectivity index (χ2v) is 12.8. The summed E-state index contributed by atoms with van der Waals surface area (Å²) < 4.78 is 28.0. The minimum Gasteiger partial charge on any atom is -0.347 e. The molecule has 1 atom stereocenters. The average Bonchev–Trinajstić information content (AvgIpc) is 3.61. The second-order valence-electron chi connectivity index (χ2n) is 10.0. The van der Waals surface area contributed by atoms with E-state index >= 15 is 0 Å². The molecule has 2 aromatic carbocycles. The molecule has 3 amide bonds. The molecule has 0 aliphatic carbocycles. The molecule has 0 bridgehead atoms. The standard InChI is InChI=1S/C28H31Cl2N7O5S/c1-36(2)13-4-3-11-24(38)32-18-7-5-8-20(15-18)43(41,42)37-14-12-19(17-37)33-28(40)26-23(16-31-35-26)34-27(39)25-21(29)9-6-10-22(25)30/h3,5-11,15-16,19H,4,12-14,17H2,1-2H3,(H,31,35)(H,32,38)(H,33,40)(H,34,39). The Labute approximate surface area is 259 Å². The van der Waals surface area contributed by atoms with Crippen LogP contribution in [-0.2, 0) is 14.8 Å². The van der Waals surface area contributed by atoms with Gasteiger partial charge in [0.15, 0.2) is 0 Å². The van der Waals surface area contributed by atoms with Crippen molar-refractivity contribution in [3.05, 3.63) is 82.1 Å². The molecule has 0 radical (unpaired) electrons. The third-order valence-electron chi connectivity index (χ3n) is 6.54. The summed E-state index contributed by atoms with van der Waals surface area (Å²) in [6, 6.07) is 10.2. The number of hydrogen-bond donors (Lipinski definition) is 4. The van der Waals surface area contributed by atoms with Crippen LogP contribution in [0, 0.1) is 0 Å². The summed E-state index contributed by atoms with van der Waals surface area (Å²) in [6.45, 7) is 1.01. The molecule has 15 heteroatoms. The number of nitrogens with zero attached hydrogens (tertiary/aromatic N) is 3. The van der Waals surface area contributed by atoms with Crippen LogP contribution < -0.4 is 16.0 Å². The number of H-pyrrole nitrogens is 1. The van der Waals surface area contributed by atoms with Crippen molar-refractivity contribution in [2.45, 2.75) is 23.8 Å². The van der Waals surface area contributed by atoms with Gasteiger partial charge in [0.05, 0.1) is 32.4 Å². The van der Waals surface area contributed by atoms with Crippen LogP contribution >= 0.6 is 23.2 Å². The fourth-order valence-corrected chi connectivity index (χ4v) is 6.48. The normalized spacial score (nSPS) is 15.6. The molecule has 1 aliphatic rings. The van der Waals surface area contributed by atoms with Gasteiger partial charge in [0.1, 0.15) is 5.69 Å². The summed E-state index contributed by atoms with van der Waals surface area (Å²) in [5.41, 5.74) is 0.485. The summed E-state index contributed by atoms with van der Waals surface area (Å²) in [4.78, 5) is 40.1. The van der Waals surface area contributed by atoms with Gasteiger partial charge in [0.2, 0.25) is 15.9 Å². The van der Waals surface area contributed by atoms with Crippen LogP contribution in [0.5, 0.6) is 0 Å². The van der Waals surface area contributed by atoms with E-state index in [1.807, 2.05) is 19.0 Å². The van der Waals surface area contributed by atoms with Crippen molar-refractivity contribution < 1.29 is 22.8 Å². The van der Waals surface area contributed by atoms with Crippen molar-refractivity contribution >= 4 is 62.3 Å². The Hall–Kier alpha value is -3.75. The van der Waals surface area contributed by atoms with E-state index < -0.39 is 27.9 Å². The van der Waals surface area contributed by atoms with Crippen LogP contribution in [0.15, 0.2) is 65.7 Å². The van der Waals surface area contributed by atoms with Crippen LogP contribution in [-0.4, -0.2) is 85.3 Å². The maximum Gasteiger partial charge on any atom is 0.271 e. The Bertz CT molecular complexity index is 1620. The number of anilines is 2. The largest absolute Gasteiger partial charge is 0.347 e. The molecule has 12 nitrogen and oxygen atoms in total. The van der Waals surface area contributed by atoms with E-state index in [2.05, 4.69) is 26.1 Å². The number of rotatable bonds is 11. The zero-order valence-corrected chi connectivity index (χ0v) is 25.8. The van der Waals surface area contributed by atoms with E-state index in [1.54, 1.807) is 24.3 Å². The number of nitrogens with one attached hydrogen (secondary N) is 4. The molecule has 0 saturated carbocycles. The third-order valence-corrected chi connectivity index (χ3v) is 9.03. The smallest absolute Gasteiger partial charge is 0.271 e. The Morgan fingerprint density at radius 1 is 1.09 bits per heavy atom. The first-order valence-corrected chi connectivity index (χ1v) is 15.5. The number of aromatic nitrogens is 2. The van der Waals surface area contributed by atoms with Crippen LogP contribution in [0.1, 0.15) is 33.7 Å². The minimum absolute atomic E-state index is 0.0166. The summed E-state index contributed by atoms with van der Waals surface area (Å²) in [5, 5.41) is 14.8. The molecule has 1 saturated heterocycles. The van der Waals surface area contributed by atoms with Gasteiger partial charge in [-0.05, 0) is 63.3 Å². The number of aromatic amines is 1. The van der Waals surface area contributed by atoms with Gasteiger partial charge in [0.25, 0.3) is 11.8 Å². The average molecular weight is 649 g/mol. The summed E-state index contributed by atoms with van der Waals surface area (Å²) >= 11 is 12.2.